The van der Waals surface area contributed by atoms with Crippen LogP contribution in [-0.2, 0) is 21.6 Å². The average Bonchev–Trinajstić information content (AvgIpc) is 3.38. The number of likely N-dealkylation sites (tertiary alicyclic amines) is 1. The molecule has 7 heteroatoms. The van der Waals surface area contributed by atoms with E-state index in [0.29, 0.717) is 48.0 Å². The summed E-state index contributed by atoms with van der Waals surface area (Å²) in [4.78, 5) is 28.0. The molecule has 0 unspecified atom stereocenters. The van der Waals surface area contributed by atoms with E-state index >= 15 is 0 Å². The minimum absolute atomic E-state index is 0.0228. The first kappa shape index (κ1) is 22.6. The zero-order chi connectivity index (χ0) is 24.0. The van der Waals surface area contributed by atoms with E-state index in [9.17, 15) is 9.59 Å². The van der Waals surface area contributed by atoms with Gasteiger partial charge in [-0.2, -0.15) is 0 Å². The van der Waals surface area contributed by atoms with Gasteiger partial charge in [0.2, 0.25) is 0 Å². The molecule has 182 valence electrons. The number of carbonyl (C=O) groups excluding carboxylic acids is 2. The van der Waals surface area contributed by atoms with Gasteiger partial charge in [-0.25, -0.2) is 4.79 Å². The lowest BCUT2D eigenvalue weighted by atomic mass is 9.83. The Hall–Kier alpha value is -2.83. The molecule has 4 heterocycles. The highest BCUT2D eigenvalue weighted by molar-refractivity contribution is 6.31. The Bertz CT molecular complexity index is 1290. The van der Waals surface area contributed by atoms with E-state index < -0.39 is 5.60 Å². The van der Waals surface area contributed by atoms with Gasteiger partial charge in [-0.05, 0) is 43.4 Å². The Balaban J connectivity index is 1.22. The molecule has 3 aliphatic heterocycles. The molecule has 6 rings (SSSR count). The Kier molecular flexibility index (Phi) is 5.81. The number of piperidine rings is 1. The highest BCUT2D eigenvalue weighted by Gasteiger charge is 2.47. The second kappa shape index (κ2) is 8.99. The fraction of sp³-hybridized carbons (Fsp3) is 0.429. The number of fused-ring (bicyclic) bond motifs is 3. The summed E-state index contributed by atoms with van der Waals surface area (Å²) >= 11 is 6.33. The van der Waals surface area contributed by atoms with E-state index in [1.165, 1.54) is 0 Å². The van der Waals surface area contributed by atoms with Crippen LogP contribution in [0.15, 0.2) is 48.7 Å². The van der Waals surface area contributed by atoms with Crippen LogP contribution >= 0.6 is 11.6 Å². The molecule has 2 fully saturated rings. The number of amides is 1. The van der Waals surface area contributed by atoms with Gasteiger partial charge in [-0.15, -0.1) is 0 Å². The number of halogens is 1. The molecule has 2 saturated heterocycles. The SMILES string of the molecule is O=C1OC2(CCN(C(=O)c3cn(CCC4CCOCC4)c4cc(Cl)ccc34)CC2)c2ccccc21. The summed E-state index contributed by atoms with van der Waals surface area (Å²) in [7, 11) is 0. The first-order chi connectivity index (χ1) is 17.0. The molecule has 3 aliphatic rings. The number of esters is 1. The predicted octanol–water partition coefficient (Wildman–Crippen LogP) is 5.41. The molecule has 1 spiro atoms. The molecule has 0 bridgehead atoms. The van der Waals surface area contributed by atoms with Crippen LogP contribution < -0.4 is 0 Å². The quantitative estimate of drug-likeness (QED) is 0.457. The van der Waals surface area contributed by atoms with Crippen molar-refractivity contribution >= 4 is 34.4 Å². The van der Waals surface area contributed by atoms with Gasteiger partial charge in [0.05, 0.1) is 16.6 Å². The molecule has 0 aliphatic carbocycles. The standard InChI is InChI=1S/C28H29ClN2O4/c29-20-5-6-21-23(18-31(25(21)17-20)12-7-19-8-15-34-16-9-19)26(32)30-13-10-28(11-14-30)24-4-2-1-3-22(24)27(33)35-28/h1-6,17-19H,7-16H2. The van der Waals surface area contributed by atoms with Gasteiger partial charge >= 0.3 is 5.97 Å². The highest BCUT2D eigenvalue weighted by Crippen LogP contribution is 2.44. The molecule has 3 aromatic rings. The number of hydrogen-bond acceptors (Lipinski definition) is 4. The lowest BCUT2D eigenvalue weighted by molar-refractivity contribution is -0.0389. The fourth-order valence-corrected chi connectivity index (χ4v) is 6.10. The van der Waals surface area contributed by atoms with Crippen molar-refractivity contribution in [1.82, 2.24) is 9.47 Å². The molecular formula is C28H29ClN2O4. The van der Waals surface area contributed by atoms with Crippen LogP contribution in [0.2, 0.25) is 5.02 Å². The predicted molar refractivity (Wildman–Crippen MR) is 134 cm³/mol. The molecule has 2 aromatic carbocycles. The maximum Gasteiger partial charge on any atom is 0.339 e. The van der Waals surface area contributed by atoms with Gasteiger partial charge in [0.1, 0.15) is 5.60 Å². The van der Waals surface area contributed by atoms with Gasteiger partial charge in [0.15, 0.2) is 0 Å². The summed E-state index contributed by atoms with van der Waals surface area (Å²) in [6.07, 6.45) is 6.46. The van der Waals surface area contributed by atoms with Crippen molar-refractivity contribution in [3.63, 3.8) is 0 Å². The monoisotopic (exact) mass is 492 g/mol. The zero-order valence-electron chi connectivity index (χ0n) is 19.7. The Morgan fingerprint density at radius 1 is 1.09 bits per heavy atom. The summed E-state index contributed by atoms with van der Waals surface area (Å²) in [5.74, 6) is 0.411. The normalized spacial score (nSPS) is 19.8. The fourth-order valence-electron chi connectivity index (χ4n) is 5.94. The number of hydrogen-bond donors (Lipinski definition) is 0. The molecule has 6 nitrogen and oxygen atoms in total. The summed E-state index contributed by atoms with van der Waals surface area (Å²) in [6, 6.07) is 13.4. The van der Waals surface area contributed by atoms with Crippen LogP contribution in [0.1, 0.15) is 58.4 Å². The minimum Gasteiger partial charge on any atom is -0.450 e. The van der Waals surface area contributed by atoms with Gasteiger partial charge < -0.3 is 18.9 Å². The second-order valence-electron chi connectivity index (χ2n) is 9.96. The van der Waals surface area contributed by atoms with Crippen LogP contribution in [0.25, 0.3) is 10.9 Å². The van der Waals surface area contributed by atoms with Crippen molar-refractivity contribution < 1.29 is 19.1 Å². The number of ether oxygens (including phenoxy) is 2. The van der Waals surface area contributed by atoms with Crippen molar-refractivity contribution in [2.75, 3.05) is 26.3 Å². The zero-order valence-corrected chi connectivity index (χ0v) is 20.4. The number of carbonyl (C=O) groups is 2. The third-order valence-corrected chi connectivity index (χ3v) is 8.21. The Morgan fingerprint density at radius 2 is 1.86 bits per heavy atom. The van der Waals surface area contributed by atoms with Gasteiger partial charge in [0.25, 0.3) is 5.91 Å². The maximum atomic E-state index is 13.7. The van der Waals surface area contributed by atoms with Crippen LogP contribution in [0.4, 0.5) is 0 Å². The third-order valence-electron chi connectivity index (χ3n) is 7.98. The summed E-state index contributed by atoms with van der Waals surface area (Å²) in [5.41, 5.74) is 2.70. The van der Waals surface area contributed by atoms with Crippen molar-refractivity contribution in [2.45, 2.75) is 44.2 Å². The Labute approximate surface area is 209 Å². The molecule has 0 N–H and O–H groups in total. The van der Waals surface area contributed by atoms with Crippen LogP contribution in [0.5, 0.6) is 0 Å². The largest absolute Gasteiger partial charge is 0.450 e. The third kappa shape index (κ3) is 4.03. The van der Waals surface area contributed by atoms with E-state index in [-0.39, 0.29) is 11.9 Å². The minimum atomic E-state index is -0.615. The molecular weight excluding hydrogens is 464 g/mol. The van der Waals surface area contributed by atoms with Gasteiger partial charge in [-0.1, -0.05) is 35.9 Å². The maximum absolute atomic E-state index is 13.7. The first-order valence-electron chi connectivity index (χ1n) is 12.5. The number of aryl methyl sites for hydroxylation is 1. The summed E-state index contributed by atoms with van der Waals surface area (Å²) in [5, 5.41) is 1.60. The van der Waals surface area contributed by atoms with E-state index in [4.69, 9.17) is 21.1 Å². The van der Waals surface area contributed by atoms with Crippen molar-refractivity contribution in [3.8, 4) is 0 Å². The lowest BCUT2D eigenvalue weighted by Crippen LogP contribution is -2.45. The number of rotatable bonds is 4. The number of nitrogens with zero attached hydrogens (tertiary/aromatic N) is 2. The van der Waals surface area contributed by atoms with Crippen molar-refractivity contribution in [3.05, 3.63) is 70.4 Å². The topological polar surface area (TPSA) is 60.8 Å². The van der Waals surface area contributed by atoms with Crippen LogP contribution in [0.3, 0.4) is 0 Å². The average molecular weight is 493 g/mol. The first-order valence-corrected chi connectivity index (χ1v) is 12.9. The van der Waals surface area contributed by atoms with E-state index in [1.54, 1.807) is 0 Å². The summed E-state index contributed by atoms with van der Waals surface area (Å²) in [6.45, 7) is 3.61. The Morgan fingerprint density at radius 3 is 2.66 bits per heavy atom. The highest BCUT2D eigenvalue weighted by atomic mass is 35.5. The molecule has 0 atom stereocenters. The smallest absolute Gasteiger partial charge is 0.339 e. The van der Waals surface area contributed by atoms with E-state index in [1.807, 2.05) is 53.6 Å². The lowest BCUT2D eigenvalue weighted by Gasteiger charge is -2.38. The van der Waals surface area contributed by atoms with Crippen LogP contribution in [0, 0.1) is 5.92 Å². The van der Waals surface area contributed by atoms with Gasteiger partial charge in [-0.3, -0.25) is 4.79 Å². The molecule has 1 amide bonds. The van der Waals surface area contributed by atoms with E-state index in [2.05, 4.69) is 4.57 Å². The van der Waals surface area contributed by atoms with Crippen molar-refractivity contribution in [2.24, 2.45) is 5.92 Å². The van der Waals surface area contributed by atoms with Crippen molar-refractivity contribution in [1.29, 1.82) is 0 Å². The second-order valence-corrected chi connectivity index (χ2v) is 10.4. The van der Waals surface area contributed by atoms with E-state index in [0.717, 1.165) is 55.5 Å². The molecule has 35 heavy (non-hydrogen) atoms. The molecule has 1 aromatic heterocycles. The van der Waals surface area contributed by atoms with Gasteiger partial charge in [0, 0.05) is 67.9 Å². The summed E-state index contributed by atoms with van der Waals surface area (Å²) < 4.78 is 13.5. The molecule has 0 radical (unpaired) electrons. The number of benzene rings is 2. The van der Waals surface area contributed by atoms with Crippen LogP contribution in [-0.4, -0.2) is 47.6 Å². The number of aromatic nitrogens is 1. The molecule has 0 saturated carbocycles.